The van der Waals surface area contributed by atoms with Crippen molar-refractivity contribution < 1.29 is 66.5 Å². The number of hydrogen-bond donors (Lipinski definition) is 5. The van der Waals surface area contributed by atoms with Crippen molar-refractivity contribution in [2.75, 3.05) is 44.9 Å². The zero-order chi connectivity index (χ0) is 37.4. The fraction of sp³-hybridized carbons (Fsp3) is 0.375. The van der Waals surface area contributed by atoms with E-state index in [1.54, 1.807) is 0 Å². The van der Waals surface area contributed by atoms with Crippen molar-refractivity contribution in [3.05, 3.63) is 58.2 Å². The molecule has 5 N–H and O–H groups in total. The lowest BCUT2D eigenvalue weighted by atomic mass is 9.94. The smallest absolute Gasteiger partial charge is 0.418 e. The van der Waals surface area contributed by atoms with Crippen molar-refractivity contribution in [2.24, 2.45) is 0 Å². The molecule has 2 atom stereocenters. The molecule has 8 amide bonds. The molecule has 2 saturated heterocycles. The van der Waals surface area contributed by atoms with Crippen LogP contribution in [0.4, 0.5) is 39.3 Å². The Labute approximate surface area is 293 Å². The molecule has 2 fully saturated rings. The summed E-state index contributed by atoms with van der Waals surface area (Å²) in [5.41, 5.74) is -2.02. The minimum absolute atomic E-state index is 0. The van der Waals surface area contributed by atoms with Gasteiger partial charge in [0.2, 0.25) is 11.2 Å². The van der Waals surface area contributed by atoms with E-state index in [0.717, 1.165) is 19.2 Å². The third kappa shape index (κ3) is 6.61. The number of benzene rings is 2. The van der Waals surface area contributed by atoms with Gasteiger partial charge < -0.3 is 40.6 Å². The second-order valence-corrected chi connectivity index (χ2v) is 11.5. The molecular formula is C32H34F2N6O12. The van der Waals surface area contributed by atoms with Gasteiger partial charge in [-0.05, 0) is 48.2 Å². The Balaban J connectivity index is 0.000000228. The van der Waals surface area contributed by atoms with E-state index in [-0.39, 0.29) is 42.8 Å². The molecule has 20 heteroatoms. The summed E-state index contributed by atoms with van der Waals surface area (Å²) in [5, 5.41) is 18.1. The van der Waals surface area contributed by atoms with E-state index in [4.69, 9.17) is 14.6 Å². The molecule has 2 aliphatic carbocycles. The van der Waals surface area contributed by atoms with Gasteiger partial charge >= 0.3 is 36.2 Å². The van der Waals surface area contributed by atoms with Gasteiger partial charge in [-0.1, -0.05) is 7.43 Å². The highest BCUT2D eigenvalue weighted by Crippen LogP contribution is 2.48. The third-order valence-corrected chi connectivity index (χ3v) is 8.65. The van der Waals surface area contributed by atoms with Gasteiger partial charge in [-0.3, -0.25) is 19.2 Å². The second-order valence-electron chi connectivity index (χ2n) is 11.5. The van der Waals surface area contributed by atoms with E-state index in [1.165, 1.54) is 26.2 Å². The number of anilines is 2. The number of urea groups is 2. The predicted molar refractivity (Wildman–Crippen MR) is 172 cm³/mol. The predicted octanol–water partition coefficient (Wildman–Crippen LogP) is 2.29. The first-order valence-electron chi connectivity index (χ1n) is 15.1. The Bertz CT molecular complexity index is 1910. The number of imide groups is 2. The maximum absolute atomic E-state index is 14.4. The van der Waals surface area contributed by atoms with E-state index >= 15 is 0 Å². The lowest BCUT2D eigenvalue weighted by Crippen LogP contribution is -2.40. The Morgan fingerprint density at radius 1 is 0.769 bits per heavy atom. The summed E-state index contributed by atoms with van der Waals surface area (Å²) in [6, 6.07) is 3.67. The highest BCUT2D eigenvalue weighted by Gasteiger charge is 2.60. The van der Waals surface area contributed by atoms with Gasteiger partial charge in [0.25, 0.3) is 11.8 Å². The summed E-state index contributed by atoms with van der Waals surface area (Å²) in [5.74, 6) is -5.28. The number of ether oxygens (including phenoxy) is 3. The average molecular weight is 733 g/mol. The quantitative estimate of drug-likeness (QED) is 0.212. The number of carbonyl (C=O) groups is 8. The minimum Gasteiger partial charge on any atom is -0.480 e. The summed E-state index contributed by atoms with van der Waals surface area (Å²) in [7, 11) is 3.90. The van der Waals surface area contributed by atoms with Crippen LogP contribution in [0.2, 0.25) is 0 Å². The Morgan fingerprint density at radius 2 is 1.17 bits per heavy atom. The number of esters is 1. The first kappa shape index (κ1) is 38.5. The van der Waals surface area contributed by atoms with Gasteiger partial charge in [-0.25, -0.2) is 37.8 Å². The summed E-state index contributed by atoms with van der Waals surface area (Å²) < 4.78 is 43.6. The SMILES string of the molecule is C.CNC(=O)Nc1cc2c(cc1F)[C@]1(CC2)OC(=O)N(CC(=O)O)C1=O.CNC(=O)Nc1cc2c(cc1F)[C@]1(CC2)OC(=O)N(CC(=O)OC)C1=O. The summed E-state index contributed by atoms with van der Waals surface area (Å²) in [6.45, 7) is -1.41. The van der Waals surface area contributed by atoms with Gasteiger partial charge in [0, 0.05) is 38.1 Å². The normalized spacial score (nSPS) is 20.6. The molecule has 4 aliphatic rings. The van der Waals surface area contributed by atoms with Crippen LogP contribution in [0, 0.1) is 11.6 Å². The maximum atomic E-state index is 14.4. The number of carbonyl (C=O) groups excluding carboxylic acids is 7. The molecule has 18 nitrogen and oxygen atoms in total. The molecule has 0 aromatic heterocycles. The number of carboxylic acids is 1. The monoisotopic (exact) mass is 732 g/mol. The topological polar surface area (TPSA) is 239 Å². The number of methoxy groups -OCH3 is 1. The molecule has 0 radical (unpaired) electrons. The van der Waals surface area contributed by atoms with Crippen molar-refractivity contribution in [3.63, 3.8) is 0 Å². The highest BCUT2D eigenvalue weighted by atomic mass is 19.1. The maximum Gasteiger partial charge on any atom is 0.418 e. The molecule has 2 spiro atoms. The van der Waals surface area contributed by atoms with Crippen LogP contribution in [-0.4, -0.2) is 97.2 Å². The van der Waals surface area contributed by atoms with Gasteiger partial charge in [0.05, 0.1) is 18.5 Å². The standard InChI is InChI=1S/C16H16FN3O6.C15H14FN3O6.CH4/c1-18-14(23)19-11-5-8-3-4-16(9(8)6-10(11)17)13(22)20(15(24)26-16)7-12(21)25-2;1-17-13(23)18-10-4-7-2-3-15(8(7)5-9(10)16)12(22)19(6-11(20)21)14(24)25-15;/h5-6H,3-4,7H2,1-2H3,(H2,18,19,23);4-5H,2-3,6H2,1H3,(H,20,21)(H2,17,18,23);1H4/t16-;15-;/m00./s1. The van der Waals surface area contributed by atoms with Crippen LogP contribution in [0.3, 0.4) is 0 Å². The molecule has 2 aromatic rings. The number of aryl methyl sites for hydroxylation is 2. The van der Waals surface area contributed by atoms with Crippen LogP contribution in [0.15, 0.2) is 24.3 Å². The average Bonchev–Trinajstić information content (AvgIpc) is 3.76. The number of halogens is 2. The Kier molecular flexibility index (Phi) is 10.7. The number of nitrogens with one attached hydrogen (secondary N) is 4. The van der Waals surface area contributed by atoms with Gasteiger partial charge in [-0.2, -0.15) is 0 Å². The summed E-state index contributed by atoms with van der Waals surface area (Å²) >= 11 is 0. The van der Waals surface area contributed by atoms with Crippen molar-refractivity contribution in [2.45, 2.75) is 44.3 Å². The molecule has 0 saturated carbocycles. The van der Waals surface area contributed by atoms with Crippen molar-refractivity contribution in [1.82, 2.24) is 20.4 Å². The van der Waals surface area contributed by atoms with E-state index < -0.39 is 83.9 Å². The minimum atomic E-state index is -1.71. The van der Waals surface area contributed by atoms with Gasteiger partial charge in [0.15, 0.2) is 0 Å². The van der Waals surface area contributed by atoms with Crippen LogP contribution < -0.4 is 21.3 Å². The van der Waals surface area contributed by atoms with E-state index in [1.807, 2.05) is 0 Å². The fourth-order valence-corrected chi connectivity index (χ4v) is 6.21. The van der Waals surface area contributed by atoms with Gasteiger partial charge in [0.1, 0.15) is 24.7 Å². The molecule has 278 valence electrons. The van der Waals surface area contributed by atoms with Crippen LogP contribution in [0.1, 0.15) is 42.5 Å². The number of aliphatic carboxylic acids is 1. The first-order chi connectivity index (χ1) is 24.1. The zero-order valence-corrected chi connectivity index (χ0v) is 27.1. The molecule has 6 rings (SSSR count). The largest absolute Gasteiger partial charge is 0.480 e. The van der Waals surface area contributed by atoms with Crippen molar-refractivity contribution >= 4 is 59.4 Å². The highest BCUT2D eigenvalue weighted by molar-refractivity contribution is 6.07. The molecule has 52 heavy (non-hydrogen) atoms. The second kappa shape index (κ2) is 14.5. The van der Waals surface area contributed by atoms with Crippen LogP contribution >= 0.6 is 0 Å². The first-order valence-corrected chi connectivity index (χ1v) is 15.1. The number of carboxylic acid groups (broad SMARTS) is 1. The van der Waals surface area contributed by atoms with E-state index in [2.05, 4.69) is 26.0 Å². The Hall–Kier alpha value is -6.34. The lowest BCUT2D eigenvalue weighted by Gasteiger charge is -2.20. The number of amides is 8. The van der Waals surface area contributed by atoms with Crippen molar-refractivity contribution in [3.8, 4) is 0 Å². The molecular weight excluding hydrogens is 698 g/mol. The molecule has 0 unspecified atom stereocenters. The lowest BCUT2D eigenvalue weighted by molar-refractivity contribution is -0.146. The zero-order valence-electron chi connectivity index (χ0n) is 27.1. The van der Waals surface area contributed by atoms with Gasteiger partial charge in [-0.15, -0.1) is 0 Å². The van der Waals surface area contributed by atoms with Crippen molar-refractivity contribution in [1.29, 1.82) is 0 Å². The fourth-order valence-electron chi connectivity index (χ4n) is 6.21. The summed E-state index contributed by atoms with van der Waals surface area (Å²) in [6.07, 6.45) is -1.23. The molecule has 2 aliphatic heterocycles. The number of fused-ring (bicyclic) bond motifs is 4. The third-order valence-electron chi connectivity index (χ3n) is 8.65. The van der Waals surface area contributed by atoms with Crippen LogP contribution in [-0.2, 0) is 57.4 Å². The molecule has 2 heterocycles. The van der Waals surface area contributed by atoms with Crippen LogP contribution in [0.25, 0.3) is 0 Å². The van der Waals surface area contributed by atoms with E-state index in [9.17, 15) is 47.1 Å². The molecule has 2 aromatic carbocycles. The number of rotatable bonds is 6. The number of nitrogens with zero attached hydrogens (tertiary/aromatic N) is 2. The summed E-state index contributed by atoms with van der Waals surface area (Å²) in [4.78, 5) is 95.4. The number of hydrogen-bond acceptors (Lipinski definition) is 11. The van der Waals surface area contributed by atoms with Crippen LogP contribution in [0.5, 0.6) is 0 Å². The Morgan fingerprint density at radius 3 is 1.54 bits per heavy atom. The molecule has 0 bridgehead atoms. The van der Waals surface area contributed by atoms with E-state index in [0.29, 0.717) is 33.8 Å².